The Morgan fingerprint density at radius 1 is 0.861 bits per heavy atom. The van der Waals surface area contributed by atoms with Crippen molar-refractivity contribution in [1.29, 1.82) is 0 Å². The van der Waals surface area contributed by atoms with Crippen molar-refractivity contribution in [2.75, 3.05) is 12.3 Å². The third-order valence-corrected chi connectivity index (χ3v) is 7.41. The van der Waals surface area contributed by atoms with Crippen molar-refractivity contribution in [1.82, 2.24) is 10.2 Å². The first-order chi connectivity index (χ1) is 17.5. The first-order valence-electron chi connectivity index (χ1n) is 12.8. The summed E-state index contributed by atoms with van der Waals surface area (Å²) >= 11 is 1.61. The SMILES string of the molecule is CCCCNC(=O)C(Cc1ccccc1)N(Cc1ccccc1C)C(=O)CSCc1ccccc1C. The van der Waals surface area contributed by atoms with Gasteiger partial charge in [-0.3, -0.25) is 9.59 Å². The zero-order valence-electron chi connectivity index (χ0n) is 21.7. The summed E-state index contributed by atoms with van der Waals surface area (Å²) in [4.78, 5) is 29.0. The van der Waals surface area contributed by atoms with Crippen molar-refractivity contribution in [3.8, 4) is 0 Å². The monoisotopic (exact) mass is 502 g/mol. The number of nitrogens with one attached hydrogen (secondary N) is 1. The molecule has 1 N–H and O–H groups in total. The molecular weight excluding hydrogens is 464 g/mol. The molecule has 5 heteroatoms. The van der Waals surface area contributed by atoms with E-state index in [4.69, 9.17) is 0 Å². The number of hydrogen-bond acceptors (Lipinski definition) is 3. The molecule has 0 saturated heterocycles. The molecule has 2 amide bonds. The fourth-order valence-corrected chi connectivity index (χ4v) is 5.12. The fourth-order valence-electron chi connectivity index (χ4n) is 4.13. The molecule has 3 aromatic carbocycles. The molecule has 0 aromatic heterocycles. The van der Waals surface area contributed by atoms with Crippen molar-refractivity contribution in [3.63, 3.8) is 0 Å². The maximum absolute atomic E-state index is 13.7. The second-order valence-electron chi connectivity index (χ2n) is 9.22. The van der Waals surface area contributed by atoms with Crippen LogP contribution in [0.4, 0.5) is 0 Å². The standard InChI is InChI=1S/C31H38N2O2S/c1-4-5-19-32-31(35)29(20-26-15-7-6-8-16-26)33(21-27-17-11-9-13-24(27)2)30(34)23-36-22-28-18-12-10-14-25(28)3/h6-18,29H,4-5,19-23H2,1-3H3,(H,32,35). The Hall–Kier alpha value is -3.05. The summed E-state index contributed by atoms with van der Waals surface area (Å²) in [5.74, 6) is 0.998. The minimum Gasteiger partial charge on any atom is -0.354 e. The summed E-state index contributed by atoms with van der Waals surface area (Å²) in [5, 5.41) is 3.09. The molecule has 4 nitrogen and oxygen atoms in total. The molecule has 1 atom stereocenters. The highest BCUT2D eigenvalue weighted by molar-refractivity contribution is 7.99. The summed E-state index contributed by atoms with van der Waals surface area (Å²) < 4.78 is 0. The molecular formula is C31H38N2O2S. The van der Waals surface area contributed by atoms with E-state index in [1.165, 1.54) is 11.1 Å². The molecule has 0 aliphatic heterocycles. The minimum atomic E-state index is -0.574. The molecule has 1 unspecified atom stereocenters. The largest absolute Gasteiger partial charge is 0.354 e. The van der Waals surface area contributed by atoms with E-state index in [2.05, 4.69) is 44.3 Å². The van der Waals surface area contributed by atoms with Gasteiger partial charge in [0, 0.05) is 25.3 Å². The van der Waals surface area contributed by atoms with E-state index < -0.39 is 6.04 Å². The van der Waals surface area contributed by atoms with Crippen molar-refractivity contribution in [2.45, 2.75) is 58.4 Å². The predicted molar refractivity (Wildman–Crippen MR) is 151 cm³/mol. The van der Waals surface area contributed by atoms with Gasteiger partial charge in [-0.05, 0) is 48.1 Å². The van der Waals surface area contributed by atoms with Crippen molar-refractivity contribution in [3.05, 3.63) is 107 Å². The number of rotatable bonds is 13. The predicted octanol–water partition coefficient (Wildman–Crippen LogP) is 6.09. The van der Waals surface area contributed by atoms with Gasteiger partial charge >= 0.3 is 0 Å². The van der Waals surface area contributed by atoms with Gasteiger partial charge in [0.2, 0.25) is 11.8 Å². The Labute approximate surface area is 220 Å². The van der Waals surface area contributed by atoms with Crippen LogP contribution in [0.5, 0.6) is 0 Å². The van der Waals surface area contributed by atoms with Gasteiger partial charge in [-0.25, -0.2) is 0 Å². The third-order valence-electron chi connectivity index (χ3n) is 6.45. The lowest BCUT2D eigenvalue weighted by molar-refractivity contribution is -0.139. The number of aryl methyl sites for hydroxylation is 2. The second-order valence-corrected chi connectivity index (χ2v) is 10.2. The average molecular weight is 503 g/mol. The van der Waals surface area contributed by atoms with E-state index in [9.17, 15) is 9.59 Å². The molecule has 0 aliphatic rings. The van der Waals surface area contributed by atoms with Gasteiger partial charge in [-0.2, -0.15) is 0 Å². The zero-order valence-corrected chi connectivity index (χ0v) is 22.5. The van der Waals surface area contributed by atoms with Gasteiger partial charge < -0.3 is 10.2 Å². The Kier molecular flexibility index (Phi) is 11.1. The van der Waals surface area contributed by atoms with Gasteiger partial charge in [-0.1, -0.05) is 92.2 Å². The molecule has 36 heavy (non-hydrogen) atoms. The van der Waals surface area contributed by atoms with Crippen LogP contribution in [0.2, 0.25) is 0 Å². The van der Waals surface area contributed by atoms with E-state index in [0.29, 0.717) is 25.3 Å². The van der Waals surface area contributed by atoms with Gasteiger partial charge in [0.25, 0.3) is 0 Å². The van der Waals surface area contributed by atoms with Crippen LogP contribution in [-0.4, -0.2) is 35.1 Å². The molecule has 0 saturated carbocycles. The maximum atomic E-state index is 13.7. The summed E-state index contributed by atoms with van der Waals surface area (Å²) in [6.45, 7) is 7.29. The number of carbonyl (C=O) groups excluding carboxylic acids is 2. The number of thioether (sulfide) groups is 1. The van der Waals surface area contributed by atoms with Crippen LogP contribution in [-0.2, 0) is 28.3 Å². The molecule has 0 bridgehead atoms. The molecule has 0 aliphatic carbocycles. The van der Waals surface area contributed by atoms with Crippen LogP contribution >= 0.6 is 11.8 Å². The Morgan fingerprint density at radius 3 is 2.11 bits per heavy atom. The normalized spacial score (nSPS) is 11.6. The van der Waals surface area contributed by atoms with Crippen molar-refractivity contribution in [2.24, 2.45) is 0 Å². The summed E-state index contributed by atoms with van der Waals surface area (Å²) in [5.41, 5.74) is 5.69. The van der Waals surface area contributed by atoms with E-state index in [-0.39, 0.29) is 11.8 Å². The number of carbonyl (C=O) groups is 2. The lowest BCUT2D eigenvalue weighted by Crippen LogP contribution is -2.51. The molecule has 0 spiro atoms. The van der Waals surface area contributed by atoms with E-state index >= 15 is 0 Å². The number of nitrogens with zero attached hydrogens (tertiary/aromatic N) is 1. The second kappa shape index (κ2) is 14.5. The lowest BCUT2D eigenvalue weighted by Gasteiger charge is -2.32. The van der Waals surface area contributed by atoms with Crippen molar-refractivity contribution >= 4 is 23.6 Å². The Balaban J connectivity index is 1.85. The maximum Gasteiger partial charge on any atom is 0.243 e. The van der Waals surface area contributed by atoms with Crippen LogP contribution < -0.4 is 5.32 Å². The smallest absolute Gasteiger partial charge is 0.243 e. The third kappa shape index (κ3) is 8.27. The summed E-state index contributed by atoms with van der Waals surface area (Å²) in [7, 11) is 0. The van der Waals surface area contributed by atoms with Gasteiger partial charge in [0.15, 0.2) is 0 Å². The van der Waals surface area contributed by atoms with Gasteiger partial charge in [-0.15, -0.1) is 11.8 Å². The minimum absolute atomic E-state index is 0.0107. The quantitative estimate of drug-likeness (QED) is 0.288. The number of amides is 2. The van der Waals surface area contributed by atoms with Crippen LogP contribution in [0.25, 0.3) is 0 Å². The van der Waals surface area contributed by atoms with Crippen LogP contribution in [0.15, 0.2) is 78.9 Å². The van der Waals surface area contributed by atoms with Crippen LogP contribution in [0.1, 0.15) is 47.6 Å². The number of hydrogen-bond donors (Lipinski definition) is 1. The molecule has 3 rings (SSSR count). The average Bonchev–Trinajstić information content (AvgIpc) is 2.89. The molecule has 190 valence electrons. The van der Waals surface area contributed by atoms with Gasteiger partial charge in [0.05, 0.1) is 5.75 Å². The first kappa shape index (κ1) is 27.5. The molecule has 3 aromatic rings. The summed E-state index contributed by atoms with van der Waals surface area (Å²) in [6, 6.07) is 25.8. The fraction of sp³-hybridized carbons (Fsp3) is 0.355. The first-order valence-corrected chi connectivity index (χ1v) is 13.9. The molecule has 0 fully saturated rings. The van der Waals surface area contributed by atoms with Crippen LogP contribution in [0.3, 0.4) is 0 Å². The van der Waals surface area contributed by atoms with E-state index in [0.717, 1.165) is 35.3 Å². The number of benzene rings is 3. The van der Waals surface area contributed by atoms with E-state index in [1.54, 1.807) is 16.7 Å². The highest BCUT2D eigenvalue weighted by Gasteiger charge is 2.30. The summed E-state index contributed by atoms with van der Waals surface area (Å²) in [6.07, 6.45) is 2.41. The zero-order chi connectivity index (χ0) is 25.8. The lowest BCUT2D eigenvalue weighted by atomic mass is 10.0. The highest BCUT2D eigenvalue weighted by atomic mass is 32.2. The molecule has 0 heterocycles. The van der Waals surface area contributed by atoms with Gasteiger partial charge in [0.1, 0.15) is 6.04 Å². The number of unbranched alkanes of at least 4 members (excludes halogenated alkanes) is 1. The van der Waals surface area contributed by atoms with Crippen molar-refractivity contribution < 1.29 is 9.59 Å². The molecule has 0 radical (unpaired) electrons. The van der Waals surface area contributed by atoms with E-state index in [1.807, 2.05) is 60.7 Å². The van der Waals surface area contributed by atoms with Crippen LogP contribution in [0, 0.1) is 13.8 Å². The topological polar surface area (TPSA) is 49.4 Å². The highest BCUT2D eigenvalue weighted by Crippen LogP contribution is 2.21. The Morgan fingerprint density at radius 2 is 1.47 bits per heavy atom. The Bertz CT molecular complexity index is 1120.